The lowest BCUT2D eigenvalue weighted by Crippen LogP contribution is -2.21. The molecule has 0 saturated carbocycles. The van der Waals surface area contributed by atoms with Crippen LogP contribution in [0.4, 0.5) is 0 Å². The first-order chi connectivity index (χ1) is 33.2. The molecule has 3 heteroatoms. The number of nitrogens with zero attached hydrogens (tertiary/aromatic N) is 1. The molecule has 0 N–H and O–H groups in total. The number of para-hydroxylation sites is 1. The summed E-state index contributed by atoms with van der Waals surface area (Å²) in [5.41, 5.74) is 15.7. The molecule has 67 heavy (non-hydrogen) atoms. The van der Waals surface area contributed by atoms with Crippen LogP contribution in [-0.2, 0) is 0 Å². The minimum absolute atomic E-state index is 0.753. The third-order valence-electron chi connectivity index (χ3n) is 14.8. The molecule has 12 aromatic carbocycles. The van der Waals surface area contributed by atoms with Crippen molar-refractivity contribution in [3.63, 3.8) is 0 Å². The van der Waals surface area contributed by atoms with Gasteiger partial charge in [-0.1, -0.05) is 175 Å². The molecule has 0 atom stereocenters. The third-order valence-corrected chi connectivity index (χ3v) is 16.7. The molecule has 0 fully saturated rings. The largest absolute Gasteiger partial charge is 0.456 e. The standard InChI is InChI=1S/C64H39NOSi/c1-3-13-45-40(11-1)32-54(49-17-7-5-15-47(45)49)42-22-28-59-56(34-42)57-35-43(55-33-41-12-2-4-14-46(41)48-16-6-8-18-50(48)55)23-29-60(57)65(59)44-25-27-53-52-26-21-39(36-63(52)67-64(53)37-44)38-24-30-62-58(31-38)51-19-9-10-20-61(51)66-62/h1-37H,67H2/q-1. The Morgan fingerprint density at radius 1 is 0.284 bits per heavy atom. The van der Waals surface area contributed by atoms with E-state index in [1.165, 1.54) is 131 Å². The summed E-state index contributed by atoms with van der Waals surface area (Å²) < 4.78 is 8.69. The van der Waals surface area contributed by atoms with Crippen molar-refractivity contribution >= 4 is 107 Å². The third kappa shape index (κ3) is 5.50. The van der Waals surface area contributed by atoms with Gasteiger partial charge in [0.2, 0.25) is 0 Å². The highest BCUT2D eigenvalue weighted by Crippen LogP contribution is 2.43. The average molecular weight is 866 g/mol. The first kappa shape index (κ1) is 36.8. The number of hydrogen-bond donors (Lipinski definition) is 0. The number of rotatable bonds is 4. The normalized spacial score (nSPS) is 12.8. The van der Waals surface area contributed by atoms with E-state index in [0.717, 1.165) is 16.6 Å². The van der Waals surface area contributed by atoms with Gasteiger partial charge in [-0.25, -0.2) is 0 Å². The first-order valence-electron chi connectivity index (χ1n) is 23.3. The number of benzene rings is 12. The van der Waals surface area contributed by atoms with E-state index in [1.54, 1.807) is 0 Å². The van der Waals surface area contributed by atoms with E-state index in [9.17, 15) is 0 Å². The lowest BCUT2D eigenvalue weighted by atomic mass is 9.92. The Balaban J connectivity index is 0.900. The molecule has 2 aromatic heterocycles. The van der Waals surface area contributed by atoms with Gasteiger partial charge < -0.3 is 8.98 Å². The van der Waals surface area contributed by atoms with Crippen molar-refractivity contribution in [3.8, 4) is 50.2 Å². The Labute approximate surface area is 388 Å². The molecule has 0 bridgehead atoms. The van der Waals surface area contributed by atoms with Crippen LogP contribution in [0.5, 0.6) is 0 Å². The summed E-state index contributed by atoms with van der Waals surface area (Å²) >= 11 is 0. The Morgan fingerprint density at radius 2 is 0.746 bits per heavy atom. The smallest absolute Gasteiger partial charge is 0.135 e. The van der Waals surface area contributed by atoms with E-state index >= 15 is 0 Å². The fourth-order valence-corrected chi connectivity index (χ4v) is 13.7. The second-order valence-corrected chi connectivity index (χ2v) is 20.3. The zero-order valence-corrected chi connectivity index (χ0v) is 37.8. The number of furan rings is 1. The van der Waals surface area contributed by atoms with Crippen LogP contribution < -0.4 is 10.4 Å². The molecule has 1 aliphatic rings. The second-order valence-electron chi connectivity index (χ2n) is 18.4. The quantitative estimate of drug-likeness (QED) is 0.127. The summed E-state index contributed by atoms with van der Waals surface area (Å²) in [6.45, 7) is 0. The Bertz CT molecular complexity index is 4260. The van der Waals surface area contributed by atoms with Crippen LogP contribution in [0.25, 0.3) is 137 Å². The van der Waals surface area contributed by atoms with E-state index < -0.39 is 9.52 Å². The van der Waals surface area contributed by atoms with Gasteiger partial charge in [-0.3, -0.25) is 0 Å². The molecule has 0 aliphatic carbocycles. The van der Waals surface area contributed by atoms with Crippen molar-refractivity contribution < 1.29 is 4.42 Å². The predicted molar refractivity (Wildman–Crippen MR) is 288 cm³/mol. The molecule has 15 rings (SSSR count). The minimum atomic E-state index is -0.753. The maximum absolute atomic E-state index is 6.17. The second kappa shape index (κ2) is 14.0. The molecular formula is C64H39NOSi-. The van der Waals surface area contributed by atoms with Gasteiger partial charge in [-0.05, 0) is 137 Å². The van der Waals surface area contributed by atoms with Crippen molar-refractivity contribution in [1.82, 2.24) is 4.57 Å². The van der Waals surface area contributed by atoms with Gasteiger partial charge in [0.1, 0.15) is 11.2 Å². The van der Waals surface area contributed by atoms with Gasteiger partial charge in [0.05, 0.1) is 11.0 Å². The summed E-state index contributed by atoms with van der Waals surface area (Å²) in [5.74, 6) is 0. The van der Waals surface area contributed by atoms with Crippen molar-refractivity contribution in [2.45, 2.75) is 0 Å². The SMILES string of the molecule is c1ccc2c(c1)cc(-c1ccc3c(c1)c1cc(-c4cc5ccccc5c5ccccc45)ccc1n3-c1ccc3c(c1)[SiH2-]c1cc(-c4ccc5oc6ccccc6c5c4)ccc1-3)c1ccccc12. The molecular weight excluding hydrogens is 827 g/mol. The van der Waals surface area contributed by atoms with Crippen LogP contribution in [-0.4, -0.2) is 14.1 Å². The van der Waals surface area contributed by atoms with Crippen LogP contribution in [0.2, 0.25) is 0 Å². The highest BCUT2D eigenvalue weighted by Gasteiger charge is 2.20. The molecule has 1 aliphatic heterocycles. The summed E-state index contributed by atoms with van der Waals surface area (Å²) in [4.78, 5) is 0. The van der Waals surface area contributed by atoms with Crippen LogP contribution in [0, 0.1) is 0 Å². The summed E-state index contributed by atoms with van der Waals surface area (Å²) in [5, 5.41) is 18.0. The highest BCUT2D eigenvalue weighted by molar-refractivity contribution is 6.73. The summed E-state index contributed by atoms with van der Waals surface area (Å²) in [6.07, 6.45) is 0. The number of aromatic nitrogens is 1. The molecule has 0 unspecified atom stereocenters. The maximum Gasteiger partial charge on any atom is 0.135 e. The van der Waals surface area contributed by atoms with Gasteiger partial charge in [-0.15, -0.1) is 9.52 Å². The van der Waals surface area contributed by atoms with Crippen LogP contribution in [0.1, 0.15) is 0 Å². The van der Waals surface area contributed by atoms with Gasteiger partial charge >= 0.3 is 0 Å². The maximum atomic E-state index is 6.17. The van der Waals surface area contributed by atoms with E-state index in [0.29, 0.717) is 0 Å². The van der Waals surface area contributed by atoms with Crippen LogP contribution in [0.15, 0.2) is 229 Å². The molecule has 0 amide bonds. The molecule has 0 radical (unpaired) electrons. The number of fused-ring (bicyclic) bond motifs is 15. The molecule has 0 spiro atoms. The highest BCUT2D eigenvalue weighted by atomic mass is 28.2. The van der Waals surface area contributed by atoms with Crippen LogP contribution >= 0.6 is 0 Å². The van der Waals surface area contributed by atoms with Gasteiger partial charge in [-0.2, -0.15) is 10.4 Å². The summed E-state index contributed by atoms with van der Waals surface area (Å²) in [7, 11) is -0.753. The topological polar surface area (TPSA) is 18.1 Å². The molecule has 3 heterocycles. The first-order valence-corrected chi connectivity index (χ1v) is 24.7. The van der Waals surface area contributed by atoms with Gasteiger partial charge in [0.25, 0.3) is 0 Å². The van der Waals surface area contributed by atoms with Crippen molar-refractivity contribution in [3.05, 3.63) is 224 Å². The monoisotopic (exact) mass is 865 g/mol. The van der Waals surface area contributed by atoms with Gasteiger partial charge in [0, 0.05) is 27.2 Å². The van der Waals surface area contributed by atoms with Crippen molar-refractivity contribution in [1.29, 1.82) is 0 Å². The Kier molecular flexibility index (Phi) is 7.69. The zero-order valence-electron chi connectivity index (χ0n) is 36.4. The van der Waals surface area contributed by atoms with Crippen molar-refractivity contribution in [2.75, 3.05) is 0 Å². The van der Waals surface area contributed by atoms with E-state index in [2.05, 4.69) is 223 Å². The Morgan fingerprint density at radius 3 is 1.39 bits per heavy atom. The average Bonchev–Trinajstić information content (AvgIpc) is 4.06. The number of hydrogen-bond acceptors (Lipinski definition) is 1. The fraction of sp³-hybridized carbons (Fsp3) is 0. The molecule has 311 valence electrons. The van der Waals surface area contributed by atoms with E-state index in [1.807, 2.05) is 6.07 Å². The van der Waals surface area contributed by atoms with Gasteiger partial charge in [0.15, 0.2) is 0 Å². The van der Waals surface area contributed by atoms with Crippen LogP contribution in [0.3, 0.4) is 0 Å². The van der Waals surface area contributed by atoms with E-state index in [4.69, 9.17) is 4.42 Å². The predicted octanol–water partition coefficient (Wildman–Crippen LogP) is 15.4. The molecule has 2 nitrogen and oxygen atoms in total. The fourth-order valence-electron chi connectivity index (χ4n) is 11.6. The lowest BCUT2D eigenvalue weighted by molar-refractivity contribution is 0.669. The van der Waals surface area contributed by atoms with Crippen molar-refractivity contribution in [2.24, 2.45) is 0 Å². The summed E-state index contributed by atoms with van der Waals surface area (Å²) in [6, 6.07) is 83.8. The van der Waals surface area contributed by atoms with E-state index in [-0.39, 0.29) is 0 Å². The zero-order chi connectivity index (χ0) is 43.7. The lowest BCUT2D eigenvalue weighted by Gasteiger charge is -2.14. The Hall–Kier alpha value is -8.50. The molecule has 14 aromatic rings. The molecule has 0 saturated heterocycles. The minimum Gasteiger partial charge on any atom is -0.456 e.